The summed E-state index contributed by atoms with van der Waals surface area (Å²) in [6.45, 7) is 3.37. The van der Waals surface area contributed by atoms with Gasteiger partial charge in [0.25, 0.3) is 0 Å². The number of esters is 2. The number of carbonyl (C=O) groups excluding carboxylic acids is 2. The second-order valence-corrected chi connectivity index (χ2v) is 20.6. The fourth-order valence-corrected chi connectivity index (χ4v) is 9.72. The van der Waals surface area contributed by atoms with Crippen LogP contribution in [0.3, 0.4) is 0 Å². The molecule has 0 aromatic rings. The van der Waals surface area contributed by atoms with Gasteiger partial charge in [-0.2, -0.15) is 0 Å². The van der Waals surface area contributed by atoms with E-state index in [2.05, 4.69) is 18.4 Å². The Kier molecular flexibility index (Phi) is 37.3. The number of hydrogen-bond donors (Lipinski definition) is 5. The quantitative estimate of drug-likeness (QED) is 0.0218. The van der Waals surface area contributed by atoms with Crippen molar-refractivity contribution in [3.05, 3.63) is 0 Å². The zero-order valence-electron chi connectivity index (χ0n) is 39.6. The van der Waals surface area contributed by atoms with Gasteiger partial charge < -0.3 is 34.4 Å². The number of phosphoric acid groups is 2. The molecule has 14 nitrogen and oxygen atoms in total. The lowest BCUT2D eigenvalue weighted by atomic mass is 9.90. The number of hydrogen-bond acceptors (Lipinski definition) is 11. The number of carbonyl (C=O) groups is 2. The van der Waals surface area contributed by atoms with Gasteiger partial charge in [-0.15, -0.1) is 0 Å². The molecule has 0 bridgehead atoms. The number of aliphatic hydroxyl groups excluding tert-OH is 2. The summed E-state index contributed by atoms with van der Waals surface area (Å²) in [6, 6.07) is 0. The highest BCUT2D eigenvalue weighted by Gasteiger charge is 2.45. The van der Waals surface area contributed by atoms with Crippen LogP contribution >= 0.6 is 15.6 Å². The summed E-state index contributed by atoms with van der Waals surface area (Å²) in [5.41, 5.74) is 0. The van der Waals surface area contributed by atoms with Gasteiger partial charge in [-0.25, -0.2) is 9.13 Å². The fraction of sp³-hybridized carbons (Fsp3) is 0.957. The summed E-state index contributed by atoms with van der Waals surface area (Å²) >= 11 is 0. The molecule has 0 amide bonds. The molecule has 1 aliphatic carbocycles. The summed E-state index contributed by atoms with van der Waals surface area (Å²) in [5, 5.41) is 20.9. The second kappa shape index (κ2) is 39.1. The van der Waals surface area contributed by atoms with Crippen molar-refractivity contribution in [2.24, 2.45) is 0 Å². The van der Waals surface area contributed by atoms with E-state index >= 15 is 0 Å². The van der Waals surface area contributed by atoms with Crippen molar-refractivity contribution >= 4 is 27.6 Å². The molecule has 0 spiro atoms. The van der Waals surface area contributed by atoms with Crippen LogP contribution in [0.15, 0.2) is 0 Å². The molecule has 0 saturated heterocycles. The molecule has 1 saturated carbocycles. The zero-order chi connectivity index (χ0) is 46.4. The number of unbranched alkanes of at least 4 members (excludes halogenated alkanes) is 30. The van der Waals surface area contributed by atoms with Crippen molar-refractivity contribution in [3.8, 4) is 0 Å². The van der Waals surface area contributed by atoms with Crippen molar-refractivity contribution < 1.29 is 66.7 Å². The highest BCUT2D eigenvalue weighted by molar-refractivity contribution is 7.47. The Hall–Kier alpha value is -0.920. The first-order chi connectivity index (χ1) is 30.3. The van der Waals surface area contributed by atoms with E-state index in [1.807, 2.05) is 0 Å². The van der Waals surface area contributed by atoms with Crippen molar-refractivity contribution in [3.63, 3.8) is 0 Å². The minimum Gasteiger partial charge on any atom is -0.462 e. The topological polar surface area (TPSA) is 216 Å². The van der Waals surface area contributed by atoms with Crippen LogP contribution in [0.1, 0.15) is 245 Å². The Balaban J connectivity index is 2.45. The van der Waals surface area contributed by atoms with E-state index in [4.69, 9.17) is 18.5 Å². The molecule has 6 atom stereocenters. The molecule has 0 aromatic heterocycles. The van der Waals surface area contributed by atoms with Gasteiger partial charge in [0.15, 0.2) is 6.10 Å². The van der Waals surface area contributed by atoms with Gasteiger partial charge in [-0.05, 0) is 25.7 Å². The van der Waals surface area contributed by atoms with Crippen LogP contribution in [0.2, 0.25) is 0 Å². The Morgan fingerprint density at radius 3 is 1.25 bits per heavy atom. The normalized spacial score (nSPS) is 19.5. The van der Waals surface area contributed by atoms with E-state index in [0.29, 0.717) is 12.8 Å². The van der Waals surface area contributed by atoms with Crippen LogP contribution in [0.5, 0.6) is 0 Å². The van der Waals surface area contributed by atoms with E-state index in [9.17, 15) is 43.6 Å². The van der Waals surface area contributed by atoms with Gasteiger partial charge >= 0.3 is 27.6 Å². The monoisotopic (exact) mass is 943 g/mol. The predicted molar refractivity (Wildman–Crippen MR) is 248 cm³/mol. The number of ether oxygens (including phenoxy) is 2. The number of rotatable bonds is 44. The Morgan fingerprint density at radius 1 is 0.508 bits per heavy atom. The lowest BCUT2D eigenvalue weighted by molar-refractivity contribution is -0.162. The number of phosphoric ester groups is 2. The van der Waals surface area contributed by atoms with Crippen LogP contribution in [0, 0.1) is 0 Å². The Labute approximate surface area is 381 Å². The maximum absolute atomic E-state index is 13.0. The third-order valence-corrected chi connectivity index (χ3v) is 13.5. The largest absolute Gasteiger partial charge is 0.472 e. The molecule has 63 heavy (non-hydrogen) atoms. The fourth-order valence-electron chi connectivity index (χ4n) is 8.15. The first kappa shape index (κ1) is 60.1. The highest BCUT2D eigenvalue weighted by Crippen LogP contribution is 2.48. The molecule has 1 aliphatic rings. The summed E-state index contributed by atoms with van der Waals surface area (Å²) in [7, 11) is -10.1. The first-order valence-corrected chi connectivity index (χ1v) is 28.4. The second-order valence-electron chi connectivity index (χ2n) is 18.0. The van der Waals surface area contributed by atoms with Crippen LogP contribution in [0.4, 0.5) is 0 Å². The summed E-state index contributed by atoms with van der Waals surface area (Å²) in [5.74, 6) is -1.07. The van der Waals surface area contributed by atoms with Gasteiger partial charge in [0.05, 0.1) is 18.8 Å². The maximum Gasteiger partial charge on any atom is 0.472 e. The van der Waals surface area contributed by atoms with E-state index in [1.165, 1.54) is 154 Å². The van der Waals surface area contributed by atoms with Crippen molar-refractivity contribution in [2.45, 2.75) is 276 Å². The van der Waals surface area contributed by atoms with Crippen molar-refractivity contribution in [1.82, 2.24) is 0 Å². The van der Waals surface area contributed by atoms with Gasteiger partial charge in [0, 0.05) is 12.8 Å². The summed E-state index contributed by atoms with van der Waals surface area (Å²) in [4.78, 5) is 54.3. The molecule has 16 heteroatoms. The van der Waals surface area contributed by atoms with Gasteiger partial charge in [0.2, 0.25) is 0 Å². The van der Waals surface area contributed by atoms with E-state index in [1.54, 1.807) is 0 Å². The van der Waals surface area contributed by atoms with E-state index in [0.717, 1.165) is 38.5 Å². The highest BCUT2D eigenvalue weighted by atomic mass is 31.2. The van der Waals surface area contributed by atoms with Crippen LogP contribution in [-0.4, -0.2) is 80.6 Å². The molecule has 374 valence electrons. The lowest BCUT2D eigenvalue weighted by Gasteiger charge is -2.37. The van der Waals surface area contributed by atoms with E-state index < -0.39 is 71.3 Å². The third-order valence-electron chi connectivity index (χ3n) is 12.0. The molecule has 0 aliphatic heterocycles. The molecule has 0 heterocycles. The average Bonchev–Trinajstić information content (AvgIpc) is 3.23. The van der Waals surface area contributed by atoms with Gasteiger partial charge in [-0.3, -0.25) is 23.2 Å². The van der Waals surface area contributed by atoms with Crippen molar-refractivity contribution in [1.29, 1.82) is 0 Å². The van der Waals surface area contributed by atoms with Crippen molar-refractivity contribution in [2.75, 3.05) is 13.2 Å². The molecular formula is C47H92O14P2. The molecular weight excluding hydrogens is 850 g/mol. The lowest BCUT2D eigenvalue weighted by Crippen LogP contribution is -2.50. The molecule has 0 aromatic carbocycles. The molecule has 1 fully saturated rings. The molecule has 5 N–H and O–H groups in total. The average molecular weight is 943 g/mol. The predicted octanol–water partition coefficient (Wildman–Crippen LogP) is 12.2. The van der Waals surface area contributed by atoms with Gasteiger partial charge in [-0.1, -0.05) is 206 Å². The minimum absolute atomic E-state index is 0.108. The molecule has 6 unspecified atom stereocenters. The minimum atomic E-state index is -5.06. The third kappa shape index (κ3) is 35.9. The SMILES string of the molecule is CCCCCCCCCCCCCCCCCCCC(=O)OC(COC(=O)CCCCCCCCCCCCCCCCC)COP(=O)(O)OC1C(O)CCC(OP(=O)(O)O)C1O. The molecule has 1 rings (SSSR count). The maximum atomic E-state index is 13.0. The van der Waals surface area contributed by atoms with E-state index in [-0.39, 0.29) is 25.7 Å². The Morgan fingerprint density at radius 2 is 0.873 bits per heavy atom. The van der Waals surface area contributed by atoms with Crippen LogP contribution < -0.4 is 0 Å². The first-order valence-electron chi connectivity index (χ1n) is 25.4. The smallest absolute Gasteiger partial charge is 0.462 e. The summed E-state index contributed by atoms with van der Waals surface area (Å²) in [6.07, 6.45) is 30.8. The van der Waals surface area contributed by atoms with Crippen LogP contribution in [0.25, 0.3) is 0 Å². The number of aliphatic hydroxyl groups is 2. The zero-order valence-corrected chi connectivity index (χ0v) is 41.4. The Bertz CT molecular complexity index is 1200. The van der Waals surface area contributed by atoms with Crippen LogP contribution in [-0.2, 0) is 41.8 Å². The van der Waals surface area contributed by atoms with Gasteiger partial charge in [0.1, 0.15) is 18.8 Å². The molecule has 0 radical (unpaired) electrons. The summed E-state index contributed by atoms with van der Waals surface area (Å²) < 4.78 is 49.9. The standard InChI is InChI=1S/C47H92O14P2/c1-3-5-7-9-11-13-15-17-19-20-22-24-26-28-30-32-34-36-45(50)59-41(40-58-63(55,56)61-47-42(48)37-38-43(46(47)51)60-62(52,53)54)39-57-44(49)35-33-31-29-27-25-23-21-18-16-14-12-10-8-6-4-2/h41-43,46-48,51H,3-40H2,1-2H3,(H,55,56)(H2,52,53,54).